The summed E-state index contributed by atoms with van der Waals surface area (Å²) < 4.78 is 0. The van der Waals surface area contributed by atoms with Gasteiger partial charge in [0.1, 0.15) is 0 Å². The number of hydrogen-bond donors (Lipinski definition) is 1. The zero-order valence-corrected chi connectivity index (χ0v) is 12.1. The van der Waals surface area contributed by atoms with E-state index in [1.165, 1.54) is 69.8 Å². The van der Waals surface area contributed by atoms with Gasteiger partial charge in [-0.15, -0.1) is 0 Å². The Morgan fingerprint density at radius 3 is 3.00 bits per heavy atom. The Morgan fingerprint density at radius 2 is 2.24 bits per heavy atom. The molecule has 2 nitrogen and oxygen atoms in total. The van der Waals surface area contributed by atoms with Crippen molar-refractivity contribution in [1.82, 2.24) is 10.2 Å². The molecular formula is C14H28N2S. The van der Waals surface area contributed by atoms with Crippen LogP contribution in [0.5, 0.6) is 0 Å². The number of rotatable bonds is 4. The van der Waals surface area contributed by atoms with Crippen LogP contribution in [0.2, 0.25) is 0 Å². The summed E-state index contributed by atoms with van der Waals surface area (Å²) in [6.45, 7) is 7.50. The average molecular weight is 256 g/mol. The highest BCUT2D eigenvalue weighted by molar-refractivity contribution is 7.99. The van der Waals surface area contributed by atoms with Crippen LogP contribution in [-0.4, -0.2) is 48.6 Å². The second-order valence-electron chi connectivity index (χ2n) is 5.61. The van der Waals surface area contributed by atoms with Crippen LogP contribution in [0.3, 0.4) is 0 Å². The van der Waals surface area contributed by atoms with Crippen LogP contribution >= 0.6 is 11.8 Å². The van der Waals surface area contributed by atoms with Gasteiger partial charge in [-0.1, -0.05) is 19.8 Å². The van der Waals surface area contributed by atoms with Gasteiger partial charge < -0.3 is 10.2 Å². The maximum atomic E-state index is 3.66. The van der Waals surface area contributed by atoms with Crippen LogP contribution in [0.15, 0.2) is 0 Å². The van der Waals surface area contributed by atoms with Crippen LogP contribution in [0, 0.1) is 5.92 Å². The smallest absolute Gasteiger partial charge is 0.0285 e. The van der Waals surface area contributed by atoms with E-state index in [-0.39, 0.29) is 0 Å². The minimum atomic E-state index is 0.747. The van der Waals surface area contributed by atoms with E-state index in [0.29, 0.717) is 0 Å². The van der Waals surface area contributed by atoms with Crippen molar-refractivity contribution in [2.24, 2.45) is 5.92 Å². The number of nitrogens with one attached hydrogen (secondary N) is 1. The molecule has 0 amide bonds. The van der Waals surface area contributed by atoms with Gasteiger partial charge in [0, 0.05) is 30.6 Å². The molecule has 1 N–H and O–H groups in total. The molecule has 0 saturated carbocycles. The Labute approximate surface area is 111 Å². The van der Waals surface area contributed by atoms with Gasteiger partial charge >= 0.3 is 0 Å². The summed E-state index contributed by atoms with van der Waals surface area (Å²) in [4.78, 5) is 2.71. The highest BCUT2D eigenvalue weighted by Gasteiger charge is 2.20. The van der Waals surface area contributed by atoms with Crippen molar-refractivity contribution in [3.63, 3.8) is 0 Å². The summed E-state index contributed by atoms with van der Waals surface area (Å²) >= 11 is 2.12. The first kappa shape index (κ1) is 13.7. The second kappa shape index (κ2) is 7.65. The standard InChI is InChI=1S/C14H28N2S/c1-2-4-13-5-3-8-16(9-6-13)11-14-12-17-10-7-15-14/h13-15H,2-12H2,1H3. The molecule has 100 valence electrons. The van der Waals surface area contributed by atoms with E-state index in [2.05, 4.69) is 28.9 Å². The van der Waals surface area contributed by atoms with E-state index in [4.69, 9.17) is 0 Å². The summed E-state index contributed by atoms with van der Waals surface area (Å²) in [5.74, 6) is 3.63. The molecule has 2 aliphatic rings. The number of hydrogen-bond acceptors (Lipinski definition) is 3. The molecule has 3 heteroatoms. The number of thioether (sulfide) groups is 1. The van der Waals surface area contributed by atoms with Crippen molar-refractivity contribution in [1.29, 1.82) is 0 Å². The minimum absolute atomic E-state index is 0.747. The molecule has 2 rings (SSSR count). The molecule has 0 spiro atoms. The fourth-order valence-electron chi connectivity index (χ4n) is 3.15. The first-order chi connectivity index (χ1) is 8.38. The van der Waals surface area contributed by atoms with Crippen LogP contribution in [0.4, 0.5) is 0 Å². The van der Waals surface area contributed by atoms with Gasteiger partial charge in [0.2, 0.25) is 0 Å². The first-order valence-electron chi connectivity index (χ1n) is 7.42. The van der Waals surface area contributed by atoms with Crippen LogP contribution in [0.1, 0.15) is 39.0 Å². The molecule has 2 unspecified atom stereocenters. The summed E-state index contributed by atoms with van der Waals surface area (Å²) in [5, 5.41) is 3.66. The van der Waals surface area contributed by atoms with Gasteiger partial charge in [0.15, 0.2) is 0 Å². The van der Waals surface area contributed by atoms with E-state index in [1.807, 2.05) is 0 Å². The van der Waals surface area contributed by atoms with E-state index < -0.39 is 0 Å². The summed E-state index contributed by atoms with van der Waals surface area (Å²) in [6.07, 6.45) is 7.15. The van der Waals surface area contributed by atoms with E-state index in [9.17, 15) is 0 Å². The third-order valence-electron chi connectivity index (χ3n) is 4.11. The van der Waals surface area contributed by atoms with Crippen LogP contribution < -0.4 is 5.32 Å². The Morgan fingerprint density at radius 1 is 1.29 bits per heavy atom. The molecule has 0 aromatic rings. The highest BCUT2D eigenvalue weighted by Crippen LogP contribution is 2.22. The van der Waals surface area contributed by atoms with Gasteiger partial charge in [0.25, 0.3) is 0 Å². The third-order valence-corrected chi connectivity index (χ3v) is 5.25. The van der Waals surface area contributed by atoms with Gasteiger partial charge in [0.05, 0.1) is 0 Å². The number of nitrogens with zero attached hydrogens (tertiary/aromatic N) is 1. The molecule has 2 atom stereocenters. The SMILES string of the molecule is CCCC1CCCN(CC2CSCCN2)CC1. The Kier molecular flexibility index (Phi) is 6.16. The fourth-order valence-corrected chi connectivity index (χ4v) is 4.09. The van der Waals surface area contributed by atoms with Crippen molar-refractivity contribution in [3.05, 3.63) is 0 Å². The Balaban J connectivity index is 1.70. The summed E-state index contributed by atoms with van der Waals surface area (Å²) in [7, 11) is 0. The Bertz CT molecular complexity index is 204. The fraction of sp³-hybridized carbons (Fsp3) is 1.00. The van der Waals surface area contributed by atoms with Gasteiger partial charge in [-0.3, -0.25) is 0 Å². The third kappa shape index (κ3) is 4.80. The van der Waals surface area contributed by atoms with E-state index >= 15 is 0 Å². The van der Waals surface area contributed by atoms with Gasteiger partial charge in [-0.2, -0.15) is 11.8 Å². The quantitative estimate of drug-likeness (QED) is 0.832. The van der Waals surface area contributed by atoms with Gasteiger partial charge in [-0.25, -0.2) is 0 Å². The van der Waals surface area contributed by atoms with Crippen LogP contribution in [0.25, 0.3) is 0 Å². The lowest BCUT2D eigenvalue weighted by atomic mass is 9.96. The van der Waals surface area contributed by atoms with Crippen molar-refractivity contribution in [2.45, 2.75) is 45.1 Å². The summed E-state index contributed by atoms with van der Waals surface area (Å²) in [6, 6.07) is 0.747. The lowest BCUT2D eigenvalue weighted by Crippen LogP contribution is -2.46. The van der Waals surface area contributed by atoms with Gasteiger partial charge in [-0.05, 0) is 38.3 Å². The topological polar surface area (TPSA) is 15.3 Å². The molecule has 2 heterocycles. The van der Waals surface area contributed by atoms with Crippen molar-refractivity contribution < 1.29 is 0 Å². The molecule has 17 heavy (non-hydrogen) atoms. The molecule has 0 aliphatic carbocycles. The predicted molar refractivity (Wildman–Crippen MR) is 77.8 cm³/mol. The predicted octanol–water partition coefficient (Wildman–Crippen LogP) is 2.59. The molecule has 0 bridgehead atoms. The van der Waals surface area contributed by atoms with Crippen molar-refractivity contribution in [3.8, 4) is 0 Å². The second-order valence-corrected chi connectivity index (χ2v) is 6.76. The average Bonchev–Trinajstić information content (AvgIpc) is 2.57. The maximum Gasteiger partial charge on any atom is 0.0285 e. The van der Waals surface area contributed by atoms with Crippen molar-refractivity contribution in [2.75, 3.05) is 37.7 Å². The largest absolute Gasteiger partial charge is 0.311 e. The van der Waals surface area contributed by atoms with E-state index in [1.54, 1.807) is 0 Å². The lowest BCUT2D eigenvalue weighted by Gasteiger charge is -2.29. The lowest BCUT2D eigenvalue weighted by molar-refractivity contribution is 0.253. The minimum Gasteiger partial charge on any atom is -0.311 e. The molecule has 0 aromatic heterocycles. The zero-order chi connectivity index (χ0) is 11.9. The highest BCUT2D eigenvalue weighted by atomic mass is 32.2. The molecular weight excluding hydrogens is 228 g/mol. The normalized spacial score (nSPS) is 32.3. The maximum absolute atomic E-state index is 3.66. The van der Waals surface area contributed by atoms with Crippen molar-refractivity contribution >= 4 is 11.8 Å². The summed E-state index contributed by atoms with van der Waals surface area (Å²) in [5.41, 5.74) is 0. The Hall–Kier alpha value is 0.270. The molecule has 2 aliphatic heterocycles. The molecule has 0 radical (unpaired) electrons. The monoisotopic (exact) mass is 256 g/mol. The van der Waals surface area contributed by atoms with E-state index in [0.717, 1.165) is 12.0 Å². The first-order valence-corrected chi connectivity index (χ1v) is 8.57. The molecule has 2 saturated heterocycles. The zero-order valence-electron chi connectivity index (χ0n) is 11.3. The number of likely N-dealkylation sites (tertiary alicyclic amines) is 1. The van der Waals surface area contributed by atoms with Crippen LogP contribution in [-0.2, 0) is 0 Å². The molecule has 2 fully saturated rings. The molecule has 0 aromatic carbocycles.